The average Bonchev–Trinajstić information content (AvgIpc) is 2.25. The van der Waals surface area contributed by atoms with Gasteiger partial charge in [-0.2, -0.15) is 0 Å². The molecule has 3 N–H and O–H groups in total. The van der Waals surface area contributed by atoms with Crippen LogP contribution in [-0.2, 0) is 16.6 Å². The standard InChI is InChI=1S/C12H20N2O2S/c1-9(2)10(3)14-8-11-5-4-6-12(7-11)17(13,15)16/h4-7,9-10,14H,8H2,1-3H3,(H2,13,15,16). The number of nitrogens with one attached hydrogen (secondary N) is 1. The van der Waals surface area contributed by atoms with Crippen molar-refractivity contribution in [2.24, 2.45) is 11.1 Å². The van der Waals surface area contributed by atoms with Crippen LogP contribution >= 0.6 is 0 Å². The van der Waals surface area contributed by atoms with Crippen molar-refractivity contribution in [3.63, 3.8) is 0 Å². The van der Waals surface area contributed by atoms with Gasteiger partial charge in [-0.3, -0.25) is 0 Å². The number of benzene rings is 1. The Morgan fingerprint density at radius 2 is 1.94 bits per heavy atom. The maximum Gasteiger partial charge on any atom is 0.238 e. The van der Waals surface area contributed by atoms with Crippen molar-refractivity contribution in [1.82, 2.24) is 5.32 Å². The molecule has 0 aliphatic heterocycles. The van der Waals surface area contributed by atoms with Gasteiger partial charge in [0.2, 0.25) is 10.0 Å². The van der Waals surface area contributed by atoms with Crippen LogP contribution in [0.2, 0.25) is 0 Å². The molecule has 0 spiro atoms. The van der Waals surface area contributed by atoms with Crippen LogP contribution in [0.5, 0.6) is 0 Å². The minimum Gasteiger partial charge on any atom is -0.310 e. The van der Waals surface area contributed by atoms with E-state index < -0.39 is 10.0 Å². The Hall–Kier alpha value is -0.910. The summed E-state index contributed by atoms with van der Waals surface area (Å²) in [7, 11) is -3.61. The van der Waals surface area contributed by atoms with E-state index in [2.05, 4.69) is 26.1 Å². The van der Waals surface area contributed by atoms with Crippen molar-refractivity contribution >= 4 is 10.0 Å². The summed E-state index contributed by atoms with van der Waals surface area (Å²) < 4.78 is 22.4. The normalized spacial score (nSPS) is 13.9. The zero-order valence-corrected chi connectivity index (χ0v) is 11.3. The lowest BCUT2D eigenvalue weighted by Gasteiger charge is -2.17. The molecule has 1 aromatic carbocycles. The second-order valence-electron chi connectivity index (χ2n) is 4.61. The highest BCUT2D eigenvalue weighted by atomic mass is 32.2. The third-order valence-corrected chi connectivity index (χ3v) is 3.77. The fraction of sp³-hybridized carbons (Fsp3) is 0.500. The lowest BCUT2D eigenvalue weighted by Crippen LogP contribution is -2.30. The smallest absolute Gasteiger partial charge is 0.238 e. The van der Waals surface area contributed by atoms with E-state index in [1.54, 1.807) is 12.1 Å². The Morgan fingerprint density at radius 1 is 1.29 bits per heavy atom. The molecule has 0 heterocycles. The first kappa shape index (κ1) is 14.2. The molecule has 17 heavy (non-hydrogen) atoms. The summed E-state index contributed by atoms with van der Waals surface area (Å²) in [6, 6.07) is 7.08. The van der Waals surface area contributed by atoms with Crippen LogP contribution in [0.15, 0.2) is 29.2 Å². The van der Waals surface area contributed by atoms with Crippen LogP contribution in [0.4, 0.5) is 0 Å². The lowest BCUT2D eigenvalue weighted by molar-refractivity contribution is 0.426. The van der Waals surface area contributed by atoms with E-state index in [0.717, 1.165) is 5.56 Å². The van der Waals surface area contributed by atoms with Crippen molar-refractivity contribution in [2.45, 2.75) is 38.3 Å². The lowest BCUT2D eigenvalue weighted by atomic mass is 10.1. The van der Waals surface area contributed by atoms with Gasteiger partial charge in [0, 0.05) is 12.6 Å². The second kappa shape index (κ2) is 5.62. The molecule has 4 nitrogen and oxygen atoms in total. The van der Waals surface area contributed by atoms with Crippen molar-refractivity contribution in [1.29, 1.82) is 0 Å². The van der Waals surface area contributed by atoms with Gasteiger partial charge in [0.25, 0.3) is 0 Å². The molecule has 1 atom stereocenters. The minimum absolute atomic E-state index is 0.161. The van der Waals surface area contributed by atoms with Gasteiger partial charge in [0.1, 0.15) is 0 Å². The van der Waals surface area contributed by atoms with Crippen LogP contribution in [0.1, 0.15) is 26.3 Å². The highest BCUT2D eigenvalue weighted by Gasteiger charge is 2.09. The first-order chi connectivity index (χ1) is 7.80. The highest BCUT2D eigenvalue weighted by Crippen LogP contribution is 2.10. The van der Waals surface area contributed by atoms with Crippen LogP contribution < -0.4 is 10.5 Å². The minimum atomic E-state index is -3.61. The average molecular weight is 256 g/mol. The number of primary sulfonamides is 1. The number of rotatable bonds is 5. The van der Waals surface area contributed by atoms with Crippen molar-refractivity contribution in [3.8, 4) is 0 Å². The molecule has 0 saturated carbocycles. The fourth-order valence-electron chi connectivity index (χ4n) is 1.35. The number of hydrogen-bond donors (Lipinski definition) is 2. The first-order valence-electron chi connectivity index (χ1n) is 5.66. The largest absolute Gasteiger partial charge is 0.310 e. The van der Waals surface area contributed by atoms with E-state index in [1.807, 2.05) is 6.07 Å². The summed E-state index contributed by atoms with van der Waals surface area (Å²) >= 11 is 0. The molecule has 0 aromatic heterocycles. The summed E-state index contributed by atoms with van der Waals surface area (Å²) in [5, 5.41) is 8.42. The van der Waals surface area contributed by atoms with Crippen molar-refractivity contribution < 1.29 is 8.42 Å². The van der Waals surface area contributed by atoms with Gasteiger partial charge in [-0.15, -0.1) is 0 Å². The highest BCUT2D eigenvalue weighted by molar-refractivity contribution is 7.89. The van der Waals surface area contributed by atoms with Crippen molar-refractivity contribution in [2.75, 3.05) is 0 Å². The monoisotopic (exact) mass is 256 g/mol. The van der Waals surface area contributed by atoms with Crippen LogP contribution in [0.25, 0.3) is 0 Å². The molecule has 5 heteroatoms. The maximum atomic E-state index is 11.2. The number of nitrogens with two attached hydrogens (primary N) is 1. The van der Waals surface area contributed by atoms with Crippen LogP contribution in [0.3, 0.4) is 0 Å². The van der Waals surface area contributed by atoms with E-state index in [0.29, 0.717) is 18.5 Å². The molecule has 0 fully saturated rings. The summed E-state index contributed by atoms with van der Waals surface area (Å²) in [4.78, 5) is 0.161. The van der Waals surface area contributed by atoms with E-state index in [-0.39, 0.29) is 4.90 Å². The number of hydrogen-bond acceptors (Lipinski definition) is 3. The first-order valence-corrected chi connectivity index (χ1v) is 7.20. The molecule has 1 unspecified atom stereocenters. The summed E-state index contributed by atoms with van der Waals surface area (Å²) in [6.07, 6.45) is 0. The molecule has 0 amide bonds. The second-order valence-corrected chi connectivity index (χ2v) is 6.17. The Morgan fingerprint density at radius 3 is 2.47 bits per heavy atom. The predicted octanol–water partition coefficient (Wildman–Crippen LogP) is 1.47. The summed E-state index contributed by atoms with van der Waals surface area (Å²) in [6.45, 7) is 7.02. The van der Waals surface area contributed by atoms with E-state index >= 15 is 0 Å². The van der Waals surface area contributed by atoms with Gasteiger partial charge in [0.15, 0.2) is 0 Å². The Bertz CT molecular complexity index is 469. The van der Waals surface area contributed by atoms with Gasteiger partial charge < -0.3 is 5.32 Å². The Labute approximate surface area is 103 Å². The maximum absolute atomic E-state index is 11.2. The van der Waals surface area contributed by atoms with E-state index in [9.17, 15) is 8.42 Å². The van der Waals surface area contributed by atoms with Gasteiger partial charge in [-0.1, -0.05) is 26.0 Å². The van der Waals surface area contributed by atoms with Gasteiger partial charge in [0.05, 0.1) is 4.90 Å². The SMILES string of the molecule is CC(C)C(C)NCc1cccc(S(N)(=O)=O)c1. The molecule has 96 valence electrons. The third kappa shape index (κ3) is 4.46. The Balaban J connectivity index is 2.74. The molecular formula is C12H20N2O2S. The topological polar surface area (TPSA) is 72.2 Å². The zero-order valence-electron chi connectivity index (χ0n) is 10.5. The predicted molar refractivity (Wildman–Crippen MR) is 69.0 cm³/mol. The zero-order chi connectivity index (χ0) is 13.1. The quantitative estimate of drug-likeness (QED) is 0.838. The Kier molecular flexibility index (Phi) is 4.68. The van der Waals surface area contributed by atoms with Crippen molar-refractivity contribution in [3.05, 3.63) is 29.8 Å². The van der Waals surface area contributed by atoms with E-state index in [1.165, 1.54) is 6.07 Å². The number of sulfonamides is 1. The van der Waals surface area contributed by atoms with Gasteiger partial charge in [-0.25, -0.2) is 13.6 Å². The van der Waals surface area contributed by atoms with Gasteiger partial charge in [-0.05, 0) is 30.5 Å². The third-order valence-electron chi connectivity index (χ3n) is 2.86. The molecule has 0 bridgehead atoms. The molecule has 0 radical (unpaired) electrons. The molecule has 0 aliphatic carbocycles. The van der Waals surface area contributed by atoms with Gasteiger partial charge >= 0.3 is 0 Å². The van der Waals surface area contributed by atoms with Crippen LogP contribution in [0, 0.1) is 5.92 Å². The molecule has 1 aromatic rings. The molecule has 1 rings (SSSR count). The fourth-order valence-corrected chi connectivity index (χ4v) is 1.93. The van der Waals surface area contributed by atoms with E-state index in [4.69, 9.17) is 5.14 Å². The summed E-state index contributed by atoms with van der Waals surface area (Å²) in [5.74, 6) is 0.538. The molecular weight excluding hydrogens is 236 g/mol. The van der Waals surface area contributed by atoms with Crippen LogP contribution in [-0.4, -0.2) is 14.5 Å². The molecule has 0 saturated heterocycles. The molecule has 0 aliphatic rings. The summed E-state index contributed by atoms with van der Waals surface area (Å²) in [5.41, 5.74) is 0.920.